The van der Waals surface area contributed by atoms with Gasteiger partial charge in [0.15, 0.2) is 0 Å². The molecule has 84 heavy (non-hydrogen) atoms. The Bertz CT molecular complexity index is 4750. The Labute approximate surface area is 488 Å². The number of nitrogens with zero attached hydrogens (tertiary/aromatic N) is 2. The summed E-state index contributed by atoms with van der Waals surface area (Å²) in [6, 6.07) is 99.6. The topological polar surface area (TPSA) is 24.9 Å². The van der Waals surface area contributed by atoms with Crippen LogP contribution in [-0.2, 0) is 0 Å². The van der Waals surface area contributed by atoms with Crippen LogP contribution in [0.4, 0.5) is 34.1 Å². The largest absolute Gasteiger partial charge is 0.497 e. The molecule has 0 saturated heterocycles. The zero-order chi connectivity index (χ0) is 55.3. The minimum atomic E-state index is -0.107. The lowest BCUT2D eigenvalue weighted by Gasteiger charge is -2.42. The second-order valence-corrected chi connectivity index (χ2v) is 22.8. The van der Waals surface area contributed by atoms with Crippen molar-refractivity contribution in [2.45, 2.75) is 0 Å². The van der Waals surface area contributed by atoms with Crippen molar-refractivity contribution in [3.63, 3.8) is 0 Å². The number of anilines is 6. The zero-order valence-corrected chi connectivity index (χ0v) is 46.3. The van der Waals surface area contributed by atoms with Crippen molar-refractivity contribution in [3.8, 4) is 78.3 Å². The van der Waals surface area contributed by atoms with E-state index in [0.29, 0.717) is 0 Å². The predicted molar refractivity (Wildman–Crippen MR) is 355 cm³/mol. The number of hydrogen-bond donors (Lipinski definition) is 0. The molecule has 0 bridgehead atoms. The van der Waals surface area contributed by atoms with Crippen molar-refractivity contribution in [1.82, 2.24) is 0 Å². The molecule has 0 aliphatic carbocycles. The lowest BCUT2D eigenvalue weighted by atomic mass is 9.31. The number of benzene rings is 14. The molecule has 0 amide bonds. The Balaban J connectivity index is 1.08. The first-order valence-electron chi connectivity index (χ1n) is 29.1. The maximum atomic E-state index is 6.42. The van der Waals surface area contributed by atoms with Gasteiger partial charge in [0.2, 0.25) is 13.4 Å². The molecule has 4 nitrogen and oxygen atoms in total. The molecular weight excluding hydrogens is 1020 g/mol. The fourth-order valence-electron chi connectivity index (χ4n) is 15.5. The van der Waals surface area contributed by atoms with Crippen molar-refractivity contribution in [2.24, 2.45) is 0 Å². The van der Waals surface area contributed by atoms with Gasteiger partial charge in [0.25, 0.3) is 0 Å². The summed E-state index contributed by atoms with van der Waals surface area (Å²) >= 11 is 0. The van der Waals surface area contributed by atoms with Gasteiger partial charge in [0.1, 0.15) is 11.5 Å². The van der Waals surface area contributed by atoms with Crippen LogP contribution in [0.15, 0.2) is 267 Å². The third-order valence-corrected chi connectivity index (χ3v) is 18.8. The fraction of sp³-hybridized carbons (Fsp3) is 0.0256. The van der Waals surface area contributed by atoms with Gasteiger partial charge in [-0.15, -0.1) is 0 Å². The van der Waals surface area contributed by atoms with Crippen LogP contribution in [0.25, 0.3) is 99.1 Å². The van der Waals surface area contributed by atoms with Crippen LogP contribution in [0.3, 0.4) is 0 Å². The van der Waals surface area contributed by atoms with Gasteiger partial charge < -0.3 is 19.3 Å². The summed E-state index contributed by atoms with van der Waals surface area (Å²) in [6.07, 6.45) is 0. The second-order valence-electron chi connectivity index (χ2n) is 22.8. The Hall–Kier alpha value is -10.6. The number of fused-ring (bicyclic) bond motifs is 8. The Morgan fingerprint density at radius 2 is 0.619 bits per heavy atom. The number of rotatable bonds is 8. The number of methoxy groups -OCH3 is 2. The van der Waals surface area contributed by atoms with E-state index in [-0.39, 0.29) is 13.4 Å². The highest BCUT2D eigenvalue weighted by molar-refractivity contribution is 7.02. The second kappa shape index (κ2) is 18.0. The summed E-state index contributed by atoms with van der Waals surface area (Å²) < 4.78 is 12.8. The third kappa shape index (κ3) is 6.51. The highest BCUT2D eigenvalue weighted by atomic mass is 16.5. The maximum absolute atomic E-state index is 6.42. The number of ether oxygens (including phenoxy) is 2. The summed E-state index contributed by atoms with van der Waals surface area (Å²) in [5.74, 6) is 1.65. The molecule has 0 saturated carbocycles. The molecule has 14 aromatic rings. The van der Waals surface area contributed by atoms with E-state index in [1.165, 1.54) is 143 Å². The Morgan fingerprint density at radius 3 is 1.02 bits per heavy atom. The molecular formula is C78H50B2N2O2. The van der Waals surface area contributed by atoms with Crippen LogP contribution in [0.5, 0.6) is 11.5 Å². The lowest BCUT2D eigenvalue weighted by Crippen LogP contribution is -2.60. The van der Waals surface area contributed by atoms with Gasteiger partial charge in [-0.05, 0) is 182 Å². The van der Waals surface area contributed by atoms with Crippen LogP contribution < -0.4 is 52.1 Å². The molecule has 18 rings (SSSR count). The lowest BCUT2D eigenvalue weighted by molar-refractivity contribution is 0.415. The number of hydrogen-bond acceptors (Lipinski definition) is 4. The monoisotopic (exact) mass is 1070 g/mol. The predicted octanol–water partition coefficient (Wildman–Crippen LogP) is 15.8. The average Bonchev–Trinajstić information content (AvgIpc) is 0.701. The molecule has 14 aromatic carbocycles. The minimum Gasteiger partial charge on any atom is -0.497 e. The molecule has 0 fully saturated rings. The first-order chi connectivity index (χ1) is 41.6. The maximum Gasteiger partial charge on any atom is 0.248 e. The highest BCUT2D eigenvalue weighted by Crippen LogP contribution is 2.54. The van der Waals surface area contributed by atoms with Crippen LogP contribution in [-0.4, -0.2) is 27.6 Å². The summed E-state index contributed by atoms with van der Waals surface area (Å²) in [5, 5.41) is 7.65. The van der Waals surface area contributed by atoms with Crippen LogP contribution in [0, 0.1) is 0 Å². The van der Waals surface area contributed by atoms with Gasteiger partial charge >= 0.3 is 0 Å². The minimum absolute atomic E-state index is 0.107. The molecule has 390 valence electrons. The highest BCUT2D eigenvalue weighted by Gasteiger charge is 2.46. The van der Waals surface area contributed by atoms with Crippen molar-refractivity contribution < 1.29 is 9.47 Å². The van der Waals surface area contributed by atoms with E-state index in [4.69, 9.17) is 9.47 Å². The van der Waals surface area contributed by atoms with Gasteiger partial charge in [-0.25, -0.2) is 0 Å². The zero-order valence-electron chi connectivity index (χ0n) is 46.3. The fourth-order valence-corrected chi connectivity index (χ4v) is 15.5. The van der Waals surface area contributed by atoms with Gasteiger partial charge in [-0.3, -0.25) is 0 Å². The van der Waals surface area contributed by atoms with Gasteiger partial charge in [0.05, 0.1) is 14.2 Å². The van der Waals surface area contributed by atoms with Crippen LogP contribution in [0.1, 0.15) is 0 Å². The standard InChI is InChI=1S/C78H50B2N2O2/c1-83-51-39-63-59-43-57(55-33-17-15-31-53(55)47-23-7-3-8-24-47)61-46-68-74-60(64-40-52(84-2)42-72-78(64)80(68)66-36-20-22-38-70(66)82(72)50-29-13-6-14-30-50)44-58(56-34-18-16-32-54(56)48-25-9-4-10-26-48)62-45-67(73(59)75(61)76(62)74)79-65-35-19-21-37-69(65)81(71(41-51)77(63)79)49-27-11-5-12-28-49/h3-46H,1-2H3. The normalized spacial score (nSPS) is 13.0. The van der Waals surface area contributed by atoms with E-state index in [0.717, 1.165) is 34.2 Å². The molecule has 0 spiro atoms. The van der Waals surface area contributed by atoms with E-state index in [1.807, 2.05) is 14.2 Å². The SMILES string of the molecule is COc1cc2c3c(c1)N(c1ccccc1)c1ccccc1B3c1cc3c(-c4ccccc4-c4ccccc4)cc4c5c(cc6c(-c7ccccc7-c7ccccc7)cc-2c1c6c35)B1c2ccccc2N(c2ccccc2)c2cc(OC)cc-4c21. The van der Waals surface area contributed by atoms with E-state index >= 15 is 0 Å². The van der Waals surface area contributed by atoms with Gasteiger partial charge in [-0.1, -0.05) is 205 Å². The summed E-state index contributed by atoms with van der Waals surface area (Å²) in [5.41, 5.74) is 28.9. The summed E-state index contributed by atoms with van der Waals surface area (Å²) in [4.78, 5) is 4.93. The molecule has 0 radical (unpaired) electrons. The van der Waals surface area contributed by atoms with E-state index in [2.05, 4.69) is 277 Å². The Morgan fingerprint density at radius 1 is 0.262 bits per heavy atom. The quantitative estimate of drug-likeness (QED) is 0.112. The summed E-state index contributed by atoms with van der Waals surface area (Å²) in [6.45, 7) is -0.214. The summed E-state index contributed by atoms with van der Waals surface area (Å²) in [7, 11) is 3.62. The van der Waals surface area contributed by atoms with Crippen molar-refractivity contribution in [2.75, 3.05) is 24.0 Å². The molecule has 0 unspecified atom stereocenters. The van der Waals surface area contributed by atoms with Gasteiger partial charge in [0, 0.05) is 46.3 Å². The van der Waals surface area contributed by atoms with Crippen molar-refractivity contribution in [1.29, 1.82) is 0 Å². The van der Waals surface area contributed by atoms with Crippen molar-refractivity contribution in [3.05, 3.63) is 267 Å². The van der Waals surface area contributed by atoms with Gasteiger partial charge in [-0.2, -0.15) is 0 Å². The molecule has 0 N–H and O–H groups in total. The first kappa shape index (κ1) is 47.1. The number of para-hydroxylation sites is 4. The van der Waals surface area contributed by atoms with E-state index < -0.39 is 0 Å². The molecule has 4 aliphatic rings. The molecule has 6 heteroatoms. The molecule has 0 aromatic heterocycles. The van der Waals surface area contributed by atoms with Crippen molar-refractivity contribution >= 4 is 113 Å². The van der Waals surface area contributed by atoms with E-state index in [9.17, 15) is 0 Å². The molecule has 0 atom stereocenters. The average molecular weight is 1070 g/mol. The third-order valence-electron chi connectivity index (χ3n) is 18.8. The van der Waals surface area contributed by atoms with Crippen LogP contribution >= 0.6 is 0 Å². The molecule has 4 heterocycles. The Kier molecular flexibility index (Phi) is 10.1. The smallest absolute Gasteiger partial charge is 0.248 e. The van der Waals surface area contributed by atoms with Crippen LogP contribution in [0.2, 0.25) is 0 Å². The van der Waals surface area contributed by atoms with E-state index in [1.54, 1.807) is 0 Å². The first-order valence-corrected chi connectivity index (χ1v) is 29.1. The molecule has 4 aliphatic heterocycles.